The zero-order valence-corrected chi connectivity index (χ0v) is 15.1. The highest BCUT2D eigenvalue weighted by Gasteiger charge is 2.12. The molecule has 4 aromatic rings. The van der Waals surface area contributed by atoms with E-state index in [0.29, 0.717) is 0 Å². The molecule has 144 valence electrons. The lowest BCUT2D eigenvalue weighted by molar-refractivity contribution is 0.424. The summed E-state index contributed by atoms with van der Waals surface area (Å²) < 4.78 is 0. The largest absolute Gasteiger partial charge is 0.354 e. The molecule has 0 fully saturated rings. The molecule has 0 bridgehead atoms. The lowest BCUT2D eigenvalue weighted by Gasteiger charge is -2.20. The number of fused-ring (bicyclic) bond motifs is 2. The van der Waals surface area contributed by atoms with E-state index < -0.39 is 0 Å². The molecule has 1 aromatic carbocycles. The number of nitrogens with zero attached hydrogens (tertiary/aromatic N) is 2. The van der Waals surface area contributed by atoms with Crippen molar-refractivity contribution in [2.45, 2.75) is 54.6 Å². The van der Waals surface area contributed by atoms with Crippen LogP contribution in [-0.2, 0) is 6.54 Å². The maximum atomic E-state index is 4.43. The molecule has 0 aliphatic heterocycles. The molecular formula is C22H31N5. The number of hydrogen-bond acceptors (Lipinski definition) is 3. The van der Waals surface area contributed by atoms with E-state index in [-0.39, 0.29) is 20.4 Å². The summed E-state index contributed by atoms with van der Waals surface area (Å²) in [7, 11) is 0. The van der Waals surface area contributed by atoms with Gasteiger partial charge in [0.25, 0.3) is 0 Å². The summed E-state index contributed by atoms with van der Waals surface area (Å²) in [6.07, 6.45) is 1.81. The van der Waals surface area contributed by atoms with Crippen LogP contribution in [0.25, 0.3) is 33.3 Å². The van der Waals surface area contributed by atoms with Gasteiger partial charge in [0.1, 0.15) is 5.82 Å². The first kappa shape index (κ1) is 20.6. The second kappa shape index (κ2) is 7.53. The maximum Gasteiger partial charge on any atom is 0.178 e. The molecule has 0 amide bonds. The molecular weight excluding hydrogens is 334 g/mol. The smallest absolute Gasteiger partial charge is 0.178 e. The molecule has 0 aliphatic carbocycles. The number of nitrogens with one attached hydrogen (secondary N) is 3. The fourth-order valence-corrected chi connectivity index (χ4v) is 3.06. The Morgan fingerprint density at radius 1 is 1.04 bits per heavy atom. The van der Waals surface area contributed by atoms with Gasteiger partial charge in [0.15, 0.2) is 5.65 Å². The van der Waals surface area contributed by atoms with E-state index in [2.05, 4.69) is 70.3 Å². The summed E-state index contributed by atoms with van der Waals surface area (Å²) in [5.74, 6) is 0.876. The van der Waals surface area contributed by atoms with Gasteiger partial charge in [-0.3, -0.25) is 0 Å². The average molecular weight is 366 g/mol. The van der Waals surface area contributed by atoms with E-state index in [1.54, 1.807) is 0 Å². The molecule has 0 saturated heterocycles. The molecule has 5 nitrogen and oxygen atoms in total. The predicted octanol–water partition coefficient (Wildman–Crippen LogP) is 5.57. The second-order valence-corrected chi connectivity index (χ2v) is 7.59. The van der Waals surface area contributed by atoms with Crippen LogP contribution in [0.5, 0.6) is 0 Å². The highest BCUT2D eigenvalue weighted by atomic mass is 15.0. The lowest BCUT2D eigenvalue weighted by atomic mass is 10.1. The quantitative estimate of drug-likeness (QED) is 0.444. The molecule has 4 rings (SSSR count). The van der Waals surface area contributed by atoms with E-state index in [1.165, 1.54) is 10.9 Å². The Balaban J connectivity index is 0.00000131. The molecule has 0 unspecified atom stereocenters. The Hall–Kier alpha value is -2.66. The summed E-state index contributed by atoms with van der Waals surface area (Å²) in [4.78, 5) is 15.6. The third-order valence-electron chi connectivity index (χ3n) is 4.31. The average Bonchev–Trinajstić information content (AvgIpc) is 3.13. The third-order valence-corrected chi connectivity index (χ3v) is 4.31. The Morgan fingerprint density at radius 2 is 1.81 bits per heavy atom. The summed E-state index contributed by atoms with van der Waals surface area (Å²) in [5.41, 5.74) is 6.42. The Bertz CT molecular complexity index is 1050. The molecule has 27 heavy (non-hydrogen) atoms. The van der Waals surface area contributed by atoms with Crippen molar-refractivity contribution >= 4 is 22.1 Å². The number of aromatic amines is 2. The van der Waals surface area contributed by atoms with Crippen LogP contribution in [-0.4, -0.2) is 25.5 Å². The van der Waals surface area contributed by atoms with Crippen molar-refractivity contribution in [1.82, 2.24) is 25.3 Å². The van der Waals surface area contributed by atoms with Crippen molar-refractivity contribution in [2.75, 3.05) is 0 Å². The van der Waals surface area contributed by atoms with E-state index >= 15 is 0 Å². The highest BCUT2D eigenvalue weighted by molar-refractivity contribution is 5.94. The van der Waals surface area contributed by atoms with Crippen LogP contribution in [0.1, 0.15) is 47.0 Å². The molecule has 0 spiro atoms. The number of hydrogen-bond donors (Lipinski definition) is 3. The van der Waals surface area contributed by atoms with Crippen LogP contribution in [0.15, 0.2) is 36.5 Å². The molecule has 0 atom stereocenters. The summed E-state index contributed by atoms with van der Waals surface area (Å²) >= 11 is 0. The zero-order chi connectivity index (χ0) is 17.6. The van der Waals surface area contributed by atoms with E-state index in [4.69, 9.17) is 0 Å². The van der Waals surface area contributed by atoms with Crippen molar-refractivity contribution in [1.29, 1.82) is 0 Å². The lowest BCUT2D eigenvalue weighted by Crippen LogP contribution is -2.35. The van der Waals surface area contributed by atoms with Crippen molar-refractivity contribution in [3.63, 3.8) is 0 Å². The van der Waals surface area contributed by atoms with Crippen LogP contribution >= 0.6 is 0 Å². The topological polar surface area (TPSA) is 69.4 Å². The van der Waals surface area contributed by atoms with E-state index in [9.17, 15) is 0 Å². The van der Waals surface area contributed by atoms with Crippen molar-refractivity contribution in [3.8, 4) is 11.3 Å². The molecule has 3 N–H and O–H groups in total. The van der Waals surface area contributed by atoms with Gasteiger partial charge >= 0.3 is 0 Å². The van der Waals surface area contributed by atoms with Gasteiger partial charge in [0.05, 0.1) is 5.52 Å². The first-order valence-electron chi connectivity index (χ1n) is 8.57. The number of pyridine rings is 1. The maximum absolute atomic E-state index is 4.43. The summed E-state index contributed by atoms with van der Waals surface area (Å²) in [6, 6.07) is 10.8. The summed E-state index contributed by atoms with van der Waals surface area (Å²) in [5, 5.41) is 4.75. The minimum Gasteiger partial charge on any atom is -0.354 e. The first-order valence-corrected chi connectivity index (χ1v) is 8.57. The number of H-pyrrole nitrogens is 2. The number of benzene rings is 1. The van der Waals surface area contributed by atoms with Gasteiger partial charge in [-0.25, -0.2) is 9.97 Å². The van der Waals surface area contributed by atoms with Gasteiger partial charge in [-0.15, -0.1) is 0 Å². The summed E-state index contributed by atoms with van der Waals surface area (Å²) in [6.45, 7) is 9.35. The normalized spacial score (nSPS) is 11.4. The SMILES string of the molecule is C.C.Cc1nc2nccc(-c3cc4cc(CNC(C)(C)C)ccc4[nH]3)c2[nH]1. The van der Waals surface area contributed by atoms with Crippen LogP contribution < -0.4 is 5.32 Å². The molecule has 0 saturated carbocycles. The zero-order valence-electron chi connectivity index (χ0n) is 15.1. The van der Waals surface area contributed by atoms with Crippen molar-refractivity contribution in [2.24, 2.45) is 0 Å². The number of aromatic nitrogens is 4. The molecule has 5 heteroatoms. The monoisotopic (exact) mass is 365 g/mol. The predicted molar refractivity (Wildman–Crippen MR) is 116 cm³/mol. The fourth-order valence-electron chi connectivity index (χ4n) is 3.06. The standard InChI is InChI=1S/C20H23N5.2CH4/c1-12-23-18-15(7-8-21-19(18)24-12)17-10-14-9-13(5-6-16(14)25-17)11-22-20(2,3)4;;/h5-10,22,25H,11H2,1-4H3,(H,21,23,24);2*1H4. The van der Waals surface area contributed by atoms with Crippen LogP contribution in [0.2, 0.25) is 0 Å². The number of rotatable bonds is 3. The van der Waals surface area contributed by atoms with E-state index in [0.717, 1.165) is 40.3 Å². The second-order valence-electron chi connectivity index (χ2n) is 7.59. The van der Waals surface area contributed by atoms with Crippen LogP contribution in [0.3, 0.4) is 0 Å². The van der Waals surface area contributed by atoms with Crippen LogP contribution in [0, 0.1) is 6.92 Å². The Kier molecular flexibility index (Phi) is 5.76. The molecule has 3 aromatic heterocycles. The first-order chi connectivity index (χ1) is 11.9. The van der Waals surface area contributed by atoms with Gasteiger partial charge in [-0.1, -0.05) is 20.9 Å². The Labute approximate surface area is 161 Å². The van der Waals surface area contributed by atoms with Gasteiger partial charge in [-0.05, 0) is 57.5 Å². The molecule has 3 heterocycles. The highest BCUT2D eigenvalue weighted by Crippen LogP contribution is 2.29. The van der Waals surface area contributed by atoms with Crippen molar-refractivity contribution < 1.29 is 0 Å². The Morgan fingerprint density at radius 3 is 2.56 bits per heavy atom. The van der Waals surface area contributed by atoms with Crippen LogP contribution in [0.4, 0.5) is 0 Å². The van der Waals surface area contributed by atoms with Gasteiger partial charge in [0.2, 0.25) is 0 Å². The molecule has 0 radical (unpaired) electrons. The van der Waals surface area contributed by atoms with Gasteiger partial charge in [0, 0.05) is 40.4 Å². The fraction of sp³-hybridized carbons (Fsp3) is 0.364. The molecule has 0 aliphatic rings. The minimum atomic E-state index is 0. The minimum absolute atomic E-state index is 0. The number of imidazole rings is 1. The third kappa shape index (κ3) is 4.19. The van der Waals surface area contributed by atoms with Gasteiger partial charge < -0.3 is 15.3 Å². The van der Waals surface area contributed by atoms with E-state index in [1.807, 2.05) is 19.2 Å². The number of aryl methyl sites for hydroxylation is 1. The van der Waals surface area contributed by atoms with Crippen molar-refractivity contribution in [3.05, 3.63) is 47.9 Å². The van der Waals surface area contributed by atoms with Gasteiger partial charge in [-0.2, -0.15) is 0 Å².